The summed E-state index contributed by atoms with van der Waals surface area (Å²) in [5.41, 5.74) is 2.18. The summed E-state index contributed by atoms with van der Waals surface area (Å²) < 4.78 is 6.96. The molecule has 0 aliphatic carbocycles. The smallest absolute Gasteiger partial charge is 0.259 e. The van der Waals surface area contributed by atoms with Gasteiger partial charge in [-0.15, -0.1) is 0 Å². The van der Waals surface area contributed by atoms with Crippen molar-refractivity contribution < 1.29 is 9.53 Å². The van der Waals surface area contributed by atoms with Crippen LogP contribution in [0, 0.1) is 0 Å². The lowest BCUT2D eigenvalue weighted by molar-refractivity contribution is 0.102. The molecule has 0 fully saturated rings. The number of benzene rings is 2. The average molecular weight is 342 g/mol. The fraction of sp³-hybridized carbons (Fsp3) is 0.111. The summed E-state index contributed by atoms with van der Waals surface area (Å²) in [6, 6.07) is 14.6. The number of aromatic nitrogens is 2. The summed E-state index contributed by atoms with van der Waals surface area (Å²) in [6.45, 7) is 0.599. The highest BCUT2D eigenvalue weighted by Gasteiger charge is 2.12. The third-order valence-electron chi connectivity index (χ3n) is 3.50. The second kappa shape index (κ2) is 7.19. The second-order valence-corrected chi connectivity index (χ2v) is 5.64. The SMILES string of the molecule is COc1ccccc1C(=O)Nc1cnn(Cc2ccc(Cl)cc2)c1. The Morgan fingerprint density at radius 1 is 1.21 bits per heavy atom. The number of carbonyl (C=O) groups excluding carboxylic acids is 1. The van der Waals surface area contributed by atoms with Crippen molar-refractivity contribution in [3.8, 4) is 5.75 Å². The molecule has 24 heavy (non-hydrogen) atoms. The van der Waals surface area contributed by atoms with Gasteiger partial charge < -0.3 is 10.1 Å². The van der Waals surface area contributed by atoms with Crippen LogP contribution in [0.4, 0.5) is 5.69 Å². The number of ether oxygens (including phenoxy) is 1. The minimum absolute atomic E-state index is 0.238. The van der Waals surface area contributed by atoms with E-state index < -0.39 is 0 Å². The summed E-state index contributed by atoms with van der Waals surface area (Å²) in [7, 11) is 1.54. The fourth-order valence-electron chi connectivity index (χ4n) is 2.32. The van der Waals surface area contributed by atoms with Crippen molar-refractivity contribution in [1.82, 2.24) is 9.78 Å². The number of halogens is 1. The zero-order valence-corrected chi connectivity index (χ0v) is 13.8. The van der Waals surface area contributed by atoms with Crippen molar-refractivity contribution in [3.63, 3.8) is 0 Å². The van der Waals surface area contributed by atoms with E-state index in [9.17, 15) is 4.79 Å². The maximum absolute atomic E-state index is 12.4. The lowest BCUT2D eigenvalue weighted by Crippen LogP contribution is -2.12. The summed E-state index contributed by atoms with van der Waals surface area (Å²) >= 11 is 5.88. The summed E-state index contributed by atoms with van der Waals surface area (Å²) in [4.78, 5) is 12.4. The molecular formula is C18H16ClN3O2. The van der Waals surface area contributed by atoms with Crippen molar-refractivity contribution in [2.75, 3.05) is 12.4 Å². The second-order valence-electron chi connectivity index (χ2n) is 5.21. The number of amides is 1. The zero-order chi connectivity index (χ0) is 16.9. The Kier molecular flexibility index (Phi) is 4.82. The van der Waals surface area contributed by atoms with Crippen LogP contribution < -0.4 is 10.1 Å². The van der Waals surface area contributed by atoms with Crippen molar-refractivity contribution in [2.45, 2.75) is 6.54 Å². The van der Waals surface area contributed by atoms with Gasteiger partial charge in [0.05, 0.1) is 31.1 Å². The molecule has 0 saturated carbocycles. The van der Waals surface area contributed by atoms with Gasteiger partial charge in [0.15, 0.2) is 0 Å². The molecule has 1 heterocycles. The largest absolute Gasteiger partial charge is 0.496 e. The van der Waals surface area contributed by atoms with E-state index >= 15 is 0 Å². The van der Waals surface area contributed by atoms with E-state index in [1.807, 2.05) is 30.3 Å². The lowest BCUT2D eigenvalue weighted by Gasteiger charge is -2.07. The maximum Gasteiger partial charge on any atom is 0.259 e. The lowest BCUT2D eigenvalue weighted by atomic mass is 10.2. The quantitative estimate of drug-likeness (QED) is 0.767. The van der Waals surface area contributed by atoms with Crippen LogP contribution in [0.1, 0.15) is 15.9 Å². The molecule has 6 heteroatoms. The van der Waals surface area contributed by atoms with Crippen molar-refractivity contribution >= 4 is 23.2 Å². The molecule has 2 aromatic carbocycles. The monoisotopic (exact) mass is 341 g/mol. The van der Waals surface area contributed by atoms with Gasteiger partial charge in [0.2, 0.25) is 0 Å². The molecule has 0 spiro atoms. The number of carbonyl (C=O) groups is 1. The van der Waals surface area contributed by atoms with E-state index in [4.69, 9.17) is 16.3 Å². The highest BCUT2D eigenvalue weighted by Crippen LogP contribution is 2.19. The third kappa shape index (κ3) is 3.75. The molecule has 0 aliphatic rings. The number of nitrogens with one attached hydrogen (secondary N) is 1. The first kappa shape index (κ1) is 16.1. The van der Waals surface area contributed by atoms with Gasteiger partial charge in [0, 0.05) is 11.2 Å². The molecule has 0 aliphatic heterocycles. The number of hydrogen-bond acceptors (Lipinski definition) is 3. The van der Waals surface area contributed by atoms with Crippen LogP contribution >= 0.6 is 11.6 Å². The molecule has 0 atom stereocenters. The molecule has 1 amide bonds. The van der Waals surface area contributed by atoms with E-state index in [-0.39, 0.29) is 5.91 Å². The Bertz CT molecular complexity index is 843. The van der Waals surface area contributed by atoms with Gasteiger partial charge in [-0.2, -0.15) is 5.10 Å². The summed E-state index contributed by atoms with van der Waals surface area (Å²) in [5, 5.41) is 7.78. The molecule has 122 valence electrons. The first-order valence-electron chi connectivity index (χ1n) is 7.37. The number of methoxy groups -OCH3 is 1. The Morgan fingerprint density at radius 3 is 2.71 bits per heavy atom. The van der Waals surface area contributed by atoms with Gasteiger partial charge >= 0.3 is 0 Å². The molecule has 0 unspecified atom stereocenters. The van der Waals surface area contributed by atoms with Crippen LogP contribution in [0.5, 0.6) is 5.75 Å². The number of rotatable bonds is 5. The van der Waals surface area contributed by atoms with Gasteiger partial charge in [0.25, 0.3) is 5.91 Å². The zero-order valence-electron chi connectivity index (χ0n) is 13.1. The number of anilines is 1. The minimum Gasteiger partial charge on any atom is -0.496 e. The fourth-order valence-corrected chi connectivity index (χ4v) is 2.45. The van der Waals surface area contributed by atoms with Gasteiger partial charge in [0.1, 0.15) is 5.75 Å². The van der Waals surface area contributed by atoms with Gasteiger partial charge in [-0.3, -0.25) is 9.48 Å². The average Bonchev–Trinajstić information content (AvgIpc) is 3.03. The molecule has 1 aromatic heterocycles. The Labute approximate surface area is 144 Å². The molecule has 3 aromatic rings. The van der Waals surface area contributed by atoms with Crippen LogP contribution in [0.2, 0.25) is 5.02 Å². The number of hydrogen-bond donors (Lipinski definition) is 1. The Morgan fingerprint density at radius 2 is 1.96 bits per heavy atom. The highest BCUT2D eigenvalue weighted by molar-refractivity contribution is 6.30. The Balaban J connectivity index is 1.69. The van der Waals surface area contributed by atoms with E-state index in [1.54, 1.807) is 35.3 Å². The molecule has 0 saturated heterocycles. The minimum atomic E-state index is -0.238. The van der Waals surface area contributed by atoms with Crippen LogP contribution in [-0.4, -0.2) is 22.8 Å². The highest BCUT2D eigenvalue weighted by atomic mass is 35.5. The van der Waals surface area contributed by atoms with Gasteiger partial charge in [-0.1, -0.05) is 35.9 Å². The number of para-hydroxylation sites is 1. The van der Waals surface area contributed by atoms with Crippen LogP contribution in [0.15, 0.2) is 60.9 Å². The van der Waals surface area contributed by atoms with Crippen molar-refractivity contribution in [2.24, 2.45) is 0 Å². The molecule has 3 rings (SSSR count). The van der Waals surface area contributed by atoms with Crippen LogP contribution in [0.25, 0.3) is 0 Å². The first-order valence-corrected chi connectivity index (χ1v) is 7.75. The predicted molar refractivity (Wildman–Crippen MR) is 93.7 cm³/mol. The molecule has 5 nitrogen and oxygen atoms in total. The van der Waals surface area contributed by atoms with E-state index in [0.29, 0.717) is 28.6 Å². The van der Waals surface area contributed by atoms with Gasteiger partial charge in [-0.25, -0.2) is 0 Å². The van der Waals surface area contributed by atoms with Crippen molar-refractivity contribution in [1.29, 1.82) is 0 Å². The molecule has 0 radical (unpaired) electrons. The predicted octanol–water partition coefficient (Wildman–Crippen LogP) is 3.85. The Hall–Kier alpha value is -2.79. The molecule has 1 N–H and O–H groups in total. The first-order chi connectivity index (χ1) is 11.7. The van der Waals surface area contributed by atoms with Crippen LogP contribution in [0.3, 0.4) is 0 Å². The molecular weight excluding hydrogens is 326 g/mol. The van der Waals surface area contributed by atoms with Crippen molar-refractivity contribution in [3.05, 3.63) is 77.1 Å². The topological polar surface area (TPSA) is 56.1 Å². The molecule has 0 bridgehead atoms. The summed E-state index contributed by atoms with van der Waals surface area (Å²) in [6.07, 6.45) is 3.39. The third-order valence-corrected chi connectivity index (χ3v) is 3.75. The summed E-state index contributed by atoms with van der Waals surface area (Å²) in [5.74, 6) is 0.294. The van der Waals surface area contributed by atoms with Gasteiger partial charge in [-0.05, 0) is 29.8 Å². The van der Waals surface area contributed by atoms with E-state index in [0.717, 1.165) is 5.56 Å². The maximum atomic E-state index is 12.4. The standard InChI is InChI=1S/C18H16ClN3O2/c1-24-17-5-3-2-4-16(17)18(23)21-15-10-20-22(12-15)11-13-6-8-14(19)9-7-13/h2-10,12H,11H2,1H3,(H,21,23). The van der Waals surface area contributed by atoms with E-state index in [2.05, 4.69) is 10.4 Å². The van der Waals surface area contributed by atoms with Crippen LogP contribution in [-0.2, 0) is 6.54 Å². The van der Waals surface area contributed by atoms with E-state index in [1.165, 1.54) is 7.11 Å². The normalized spacial score (nSPS) is 10.4. The number of nitrogens with zero attached hydrogens (tertiary/aromatic N) is 2.